The van der Waals surface area contributed by atoms with E-state index >= 15 is 0 Å². The molecule has 1 atom stereocenters. The number of aryl methyl sites for hydroxylation is 1. The van der Waals surface area contributed by atoms with Gasteiger partial charge < -0.3 is 14.8 Å². The summed E-state index contributed by atoms with van der Waals surface area (Å²) in [7, 11) is 0. The van der Waals surface area contributed by atoms with Gasteiger partial charge in [-0.2, -0.15) is 0 Å². The second kappa shape index (κ2) is 6.27. The fraction of sp³-hybridized carbons (Fsp3) is 0.562. The van der Waals surface area contributed by atoms with Gasteiger partial charge in [0.15, 0.2) is 0 Å². The summed E-state index contributed by atoms with van der Waals surface area (Å²) < 4.78 is 10.5. The molecule has 110 valence electrons. The quantitative estimate of drug-likeness (QED) is 0.842. The normalized spacial score (nSPS) is 17.6. The highest BCUT2D eigenvalue weighted by Crippen LogP contribution is 2.19. The average molecular weight is 277 g/mol. The fourth-order valence-corrected chi connectivity index (χ4v) is 2.01. The van der Waals surface area contributed by atoms with Gasteiger partial charge in [0.25, 0.3) is 0 Å². The first-order valence-corrected chi connectivity index (χ1v) is 7.09. The van der Waals surface area contributed by atoms with E-state index in [1.54, 1.807) is 0 Å². The molecule has 0 saturated carbocycles. The number of hydrogen-bond acceptors (Lipinski definition) is 3. The summed E-state index contributed by atoms with van der Waals surface area (Å²) >= 11 is 0. The molecule has 0 radical (unpaired) electrons. The van der Waals surface area contributed by atoms with Gasteiger partial charge >= 0.3 is 6.09 Å². The van der Waals surface area contributed by atoms with Crippen molar-refractivity contribution in [1.29, 1.82) is 0 Å². The number of ether oxygens (including phenoxy) is 2. The zero-order valence-electron chi connectivity index (χ0n) is 12.4. The first kappa shape index (κ1) is 14.9. The SMILES string of the molecule is CC(C)(C)OC(=O)NCc1ccccc1CCC1CO1. The van der Waals surface area contributed by atoms with Crippen molar-refractivity contribution in [2.75, 3.05) is 6.61 Å². The molecule has 0 spiro atoms. The van der Waals surface area contributed by atoms with Crippen LogP contribution in [0.25, 0.3) is 0 Å². The zero-order valence-corrected chi connectivity index (χ0v) is 12.4. The average Bonchev–Trinajstić information content (AvgIpc) is 3.17. The predicted molar refractivity (Wildman–Crippen MR) is 77.6 cm³/mol. The van der Waals surface area contributed by atoms with E-state index in [4.69, 9.17) is 9.47 Å². The Bertz CT molecular complexity index is 461. The minimum absolute atomic E-state index is 0.377. The summed E-state index contributed by atoms with van der Waals surface area (Å²) in [5, 5.41) is 2.81. The lowest BCUT2D eigenvalue weighted by Crippen LogP contribution is -2.32. The highest BCUT2D eigenvalue weighted by atomic mass is 16.6. The monoisotopic (exact) mass is 277 g/mol. The Morgan fingerprint density at radius 2 is 2.00 bits per heavy atom. The van der Waals surface area contributed by atoms with E-state index in [-0.39, 0.29) is 6.09 Å². The third-order valence-electron chi connectivity index (χ3n) is 3.08. The van der Waals surface area contributed by atoms with Crippen LogP contribution in [0.3, 0.4) is 0 Å². The van der Waals surface area contributed by atoms with E-state index in [9.17, 15) is 4.79 Å². The summed E-state index contributed by atoms with van der Waals surface area (Å²) in [5.74, 6) is 0. The minimum Gasteiger partial charge on any atom is -0.444 e. The minimum atomic E-state index is -0.465. The van der Waals surface area contributed by atoms with E-state index in [0.29, 0.717) is 12.6 Å². The predicted octanol–water partition coefficient (Wildman–Crippen LogP) is 3.04. The van der Waals surface area contributed by atoms with Crippen molar-refractivity contribution < 1.29 is 14.3 Å². The summed E-state index contributed by atoms with van der Waals surface area (Å²) in [6, 6.07) is 8.16. The lowest BCUT2D eigenvalue weighted by Gasteiger charge is -2.20. The third kappa shape index (κ3) is 5.21. The van der Waals surface area contributed by atoms with Gasteiger partial charge in [0, 0.05) is 6.54 Å². The molecule has 4 nitrogen and oxygen atoms in total. The molecule has 1 fully saturated rings. The zero-order chi connectivity index (χ0) is 14.6. The number of amides is 1. The molecule has 0 bridgehead atoms. The van der Waals surface area contributed by atoms with Crippen LogP contribution >= 0.6 is 0 Å². The standard InChI is InChI=1S/C16H23NO3/c1-16(2,3)20-15(18)17-10-13-7-5-4-6-12(13)8-9-14-11-19-14/h4-7,14H,8-11H2,1-3H3,(H,17,18). The highest BCUT2D eigenvalue weighted by Gasteiger charge is 2.22. The highest BCUT2D eigenvalue weighted by molar-refractivity contribution is 5.67. The Morgan fingerprint density at radius 1 is 1.35 bits per heavy atom. The van der Waals surface area contributed by atoms with Gasteiger partial charge in [0.1, 0.15) is 5.60 Å². The molecule has 1 saturated heterocycles. The van der Waals surface area contributed by atoms with Crippen LogP contribution in [0, 0.1) is 0 Å². The molecule has 0 aromatic heterocycles. The number of nitrogens with one attached hydrogen (secondary N) is 1. The Balaban J connectivity index is 1.86. The molecule has 1 aromatic rings. The van der Waals surface area contributed by atoms with Crippen LogP contribution in [-0.2, 0) is 22.4 Å². The van der Waals surface area contributed by atoms with Crippen LogP contribution in [0.5, 0.6) is 0 Å². The second-order valence-corrected chi connectivity index (χ2v) is 6.12. The number of benzene rings is 1. The van der Waals surface area contributed by atoms with E-state index in [1.165, 1.54) is 5.56 Å². The smallest absolute Gasteiger partial charge is 0.407 e. The molecular weight excluding hydrogens is 254 g/mol. The summed E-state index contributed by atoms with van der Waals surface area (Å²) in [6.45, 7) is 6.96. The molecule has 1 aromatic carbocycles. The van der Waals surface area contributed by atoms with E-state index < -0.39 is 5.60 Å². The summed E-state index contributed by atoms with van der Waals surface area (Å²) in [5.41, 5.74) is 1.94. The first-order valence-electron chi connectivity index (χ1n) is 7.09. The van der Waals surface area contributed by atoms with Gasteiger partial charge in [0.2, 0.25) is 0 Å². The van der Waals surface area contributed by atoms with Crippen LogP contribution in [0.2, 0.25) is 0 Å². The number of alkyl carbamates (subject to hydrolysis) is 1. The van der Waals surface area contributed by atoms with Gasteiger partial charge in [-0.25, -0.2) is 4.79 Å². The fourth-order valence-electron chi connectivity index (χ4n) is 2.01. The number of carbonyl (C=O) groups excluding carboxylic acids is 1. The molecule has 1 amide bonds. The maximum Gasteiger partial charge on any atom is 0.407 e. The third-order valence-corrected chi connectivity index (χ3v) is 3.08. The lowest BCUT2D eigenvalue weighted by atomic mass is 10.0. The largest absolute Gasteiger partial charge is 0.444 e. The van der Waals surface area contributed by atoms with Crippen molar-refractivity contribution in [2.45, 2.75) is 51.9 Å². The van der Waals surface area contributed by atoms with Crippen LogP contribution in [0.1, 0.15) is 38.3 Å². The Morgan fingerprint density at radius 3 is 2.60 bits per heavy atom. The van der Waals surface area contributed by atoms with Gasteiger partial charge in [0.05, 0.1) is 12.7 Å². The van der Waals surface area contributed by atoms with Gasteiger partial charge in [-0.1, -0.05) is 24.3 Å². The van der Waals surface area contributed by atoms with Crippen LogP contribution in [0.15, 0.2) is 24.3 Å². The molecule has 2 rings (SSSR count). The number of rotatable bonds is 5. The van der Waals surface area contributed by atoms with Crippen molar-refractivity contribution in [3.05, 3.63) is 35.4 Å². The molecule has 1 aliphatic rings. The van der Waals surface area contributed by atoms with Crippen molar-refractivity contribution in [2.24, 2.45) is 0 Å². The lowest BCUT2D eigenvalue weighted by molar-refractivity contribution is 0.0523. The van der Waals surface area contributed by atoms with Crippen LogP contribution in [0.4, 0.5) is 4.79 Å². The molecule has 1 aliphatic heterocycles. The molecule has 1 unspecified atom stereocenters. The molecular formula is C16H23NO3. The van der Waals surface area contributed by atoms with Crippen molar-refractivity contribution >= 4 is 6.09 Å². The number of epoxide rings is 1. The second-order valence-electron chi connectivity index (χ2n) is 6.12. The summed E-state index contributed by atoms with van der Waals surface area (Å²) in [4.78, 5) is 11.7. The molecule has 4 heteroatoms. The van der Waals surface area contributed by atoms with Gasteiger partial charge in [-0.15, -0.1) is 0 Å². The Labute approximate surface area is 120 Å². The van der Waals surface area contributed by atoms with Crippen molar-refractivity contribution in [3.63, 3.8) is 0 Å². The molecule has 1 N–H and O–H groups in total. The van der Waals surface area contributed by atoms with Crippen LogP contribution < -0.4 is 5.32 Å². The molecule has 1 heterocycles. The number of carbonyl (C=O) groups is 1. The van der Waals surface area contributed by atoms with E-state index in [1.807, 2.05) is 39.0 Å². The summed E-state index contributed by atoms with van der Waals surface area (Å²) in [6.07, 6.45) is 2.08. The van der Waals surface area contributed by atoms with Gasteiger partial charge in [-0.3, -0.25) is 0 Å². The van der Waals surface area contributed by atoms with E-state index in [2.05, 4.69) is 11.4 Å². The van der Waals surface area contributed by atoms with Crippen molar-refractivity contribution in [3.8, 4) is 0 Å². The van der Waals surface area contributed by atoms with Gasteiger partial charge in [-0.05, 0) is 44.7 Å². The Hall–Kier alpha value is -1.55. The van der Waals surface area contributed by atoms with Crippen molar-refractivity contribution in [1.82, 2.24) is 5.32 Å². The maximum absolute atomic E-state index is 11.7. The molecule has 20 heavy (non-hydrogen) atoms. The van der Waals surface area contributed by atoms with E-state index in [0.717, 1.165) is 25.0 Å². The Kier molecular flexibility index (Phi) is 4.65. The van der Waals surface area contributed by atoms with Crippen LogP contribution in [-0.4, -0.2) is 24.4 Å². The maximum atomic E-state index is 11.7. The first-order chi connectivity index (χ1) is 9.44. The number of hydrogen-bond donors (Lipinski definition) is 1. The topological polar surface area (TPSA) is 50.9 Å². The molecule has 0 aliphatic carbocycles.